The van der Waals surface area contributed by atoms with Crippen LogP contribution in [0.15, 0.2) is 0 Å². The zero-order valence-electron chi connectivity index (χ0n) is 11.9. The van der Waals surface area contributed by atoms with Gasteiger partial charge in [-0.2, -0.15) is 0 Å². The van der Waals surface area contributed by atoms with Crippen LogP contribution in [0.2, 0.25) is 0 Å². The van der Waals surface area contributed by atoms with Crippen LogP contribution in [0, 0.1) is 5.41 Å². The molecule has 0 rings (SSSR count). The first kappa shape index (κ1) is 17.2. The Kier molecular flexibility index (Phi) is 6.89. The van der Waals surface area contributed by atoms with E-state index in [1.165, 1.54) is 0 Å². The quantitative estimate of drug-likeness (QED) is 0.558. The second-order valence-corrected chi connectivity index (χ2v) is 5.24. The molecule has 0 bridgehead atoms. The van der Waals surface area contributed by atoms with Crippen molar-refractivity contribution in [3.05, 3.63) is 0 Å². The van der Waals surface area contributed by atoms with Gasteiger partial charge in [-0.25, -0.2) is 9.59 Å². The van der Waals surface area contributed by atoms with E-state index >= 15 is 0 Å². The molecule has 0 radical (unpaired) electrons. The van der Waals surface area contributed by atoms with Crippen LogP contribution in [0.5, 0.6) is 0 Å². The molecule has 0 aromatic heterocycles. The lowest BCUT2D eigenvalue weighted by atomic mass is 9.87. The van der Waals surface area contributed by atoms with Gasteiger partial charge in [-0.1, -0.05) is 20.8 Å². The van der Waals surface area contributed by atoms with E-state index in [0.29, 0.717) is 6.54 Å². The number of urea groups is 1. The normalized spacial score (nSPS) is 12.4. The van der Waals surface area contributed by atoms with Gasteiger partial charge in [0.05, 0.1) is 0 Å². The minimum atomic E-state index is -1.09. The molecule has 1 atom stereocenters. The first-order valence-electron chi connectivity index (χ1n) is 6.22. The first-order chi connectivity index (χ1) is 8.68. The summed E-state index contributed by atoms with van der Waals surface area (Å²) < 4.78 is 0. The topological polar surface area (TPSA) is 108 Å². The molecule has 7 heteroatoms. The van der Waals surface area contributed by atoms with E-state index in [1.807, 2.05) is 0 Å². The van der Waals surface area contributed by atoms with E-state index in [4.69, 9.17) is 5.11 Å². The van der Waals surface area contributed by atoms with E-state index in [0.717, 1.165) is 0 Å². The van der Waals surface area contributed by atoms with E-state index in [1.54, 1.807) is 27.7 Å². The van der Waals surface area contributed by atoms with Gasteiger partial charge >= 0.3 is 12.0 Å². The second-order valence-electron chi connectivity index (χ2n) is 5.24. The van der Waals surface area contributed by atoms with Crippen molar-refractivity contribution >= 4 is 17.9 Å². The fourth-order valence-corrected chi connectivity index (χ4v) is 1.41. The minimum Gasteiger partial charge on any atom is -0.480 e. The molecule has 0 saturated heterocycles. The van der Waals surface area contributed by atoms with E-state index in [-0.39, 0.29) is 18.9 Å². The fourth-order valence-electron chi connectivity index (χ4n) is 1.41. The zero-order valence-corrected chi connectivity index (χ0v) is 11.9. The minimum absolute atomic E-state index is 0.159. The van der Waals surface area contributed by atoms with Crippen molar-refractivity contribution < 1.29 is 19.5 Å². The number of carboxylic acid groups (broad SMARTS) is 1. The molecule has 0 fully saturated rings. The molecule has 0 aliphatic heterocycles. The summed E-state index contributed by atoms with van der Waals surface area (Å²) in [5.74, 6) is -1.25. The Morgan fingerprint density at radius 3 is 2.16 bits per heavy atom. The van der Waals surface area contributed by atoms with Gasteiger partial charge in [0.2, 0.25) is 5.91 Å². The van der Waals surface area contributed by atoms with Crippen molar-refractivity contribution in [2.24, 2.45) is 5.41 Å². The Bertz CT molecular complexity index is 336. The smallest absolute Gasteiger partial charge is 0.326 e. The summed E-state index contributed by atoms with van der Waals surface area (Å²) in [6.45, 7) is 7.67. The summed E-state index contributed by atoms with van der Waals surface area (Å²) in [4.78, 5) is 33.7. The van der Waals surface area contributed by atoms with E-state index in [9.17, 15) is 14.4 Å². The second kappa shape index (κ2) is 7.60. The molecule has 4 N–H and O–H groups in total. The number of nitrogens with one attached hydrogen (secondary N) is 3. The molecule has 0 heterocycles. The van der Waals surface area contributed by atoms with Crippen LogP contribution < -0.4 is 16.0 Å². The van der Waals surface area contributed by atoms with E-state index in [2.05, 4.69) is 16.0 Å². The van der Waals surface area contributed by atoms with Crippen LogP contribution in [0.1, 0.15) is 34.1 Å². The summed E-state index contributed by atoms with van der Waals surface area (Å²) in [7, 11) is 0. The Balaban J connectivity index is 4.15. The molecule has 0 aliphatic carbocycles. The van der Waals surface area contributed by atoms with Crippen molar-refractivity contribution in [1.82, 2.24) is 16.0 Å². The maximum Gasteiger partial charge on any atom is 0.326 e. The highest BCUT2D eigenvalue weighted by Crippen LogP contribution is 2.19. The van der Waals surface area contributed by atoms with Gasteiger partial charge in [-0.05, 0) is 12.3 Å². The predicted octanol–water partition coefficient (Wildman–Crippen LogP) is 0.311. The molecular weight excluding hydrogens is 250 g/mol. The molecule has 0 aliphatic rings. The summed E-state index contributed by atoms with van der Waals surface area (Å²) in [5.41, 5.74) is -0.594. The number of carbonyl (C=O) groups is 3. The highest BCUT2D eigenvalue weighted by Gasteiger charge is 2.32. The van der Waals surface area contributed by atoms with Crippen LogP contribution >= 0.6 is 0 Å². The molecule has 19 heavy (non-hydrogen) atoms. The van der Waals surface area contributed by atoms with Crippen LogP contribution in [0.4, 0.5) is 4.79 Å². The largest absolute Gasteiger partial charge is 0.480 e. The van der Waals surface area contributed by atoms with Crippen molar-refractivity contribution in [3.63, 3.8) is 0 Å². The average Bonchev–Trinajstić information content (AvgIpc) is 2.24. The van der Waals surface area contributed by atoms with Crippen molar-refractivity contribution in [3.8, 4) is 0 Å². The molecule has 0 aromatic rings. The summed E-state index contributed by atoms with van der Waals surface area (Å²) >= 11 is 0. The van der Waals surface area contributed by atoms with Crippen LogP contribution in [-0.4, -0.2) is 42.1 Å². The number of amides is 3. The third kappa shape index (κ3) is 7.28. The molecule has 110 valence electrons. The highest BCUT2D eigenvalue weighted by molar-refractivity contribution is 5.83. The lowest BCUT2D eigenvalue weighted by Gasteiger charge is -2.27. The van der Waals surface area contributed by atoms with Crippen LogP contribution in [0.3, 0.4) is 0 Å². The number of hydrogen-bond acceptors (Lipinski definition) is 3. The molecule has 0 saturated carbocycles. The van der Waals surface area contributed by atoms with Crippen molar-refractivity contribution in [2.75, 3.05) is 13.1 Å². The maximum atomic E-state index is 11.5. The Morgan fingerprint density at radius 2 is 1.74 bits per heavy atom. The number of rotatable bonds is 6. The number of carbonyl (C=O) groups excluding carboxylic acids is 2. The lowest BCUT2D eigenvalue weighted by molar-refractivity contribution is -0.141. The van der Waals surface area contributed by atoms with Crippen molar-refractivity contribution in [1.29, 1.82) is 0 Å². The van der Waals surface area contributed by atoms with Gasteiger partial charge in [0, 0.05) is 19.5 Å². The zero-order chi connectivity index (χ0) is 15.1. The Morgan fingerprint density at radius 1 is 1.16 bits per heavy atom. The Hall–Kier alpha value is -1.79. The molecule has 0 spiro atoms. The predicted molar refractivity (Wildman–Crippen MR) is 70.7 cm³/mol. The average molecular weight is 273 g/mol. The van der Waals surface area contributed by atoms with Gasteiger partial charge < -0.3 is 21.1 Å². The molecular formula is C12H23N3O4. The molecule has 3 amide bonds. The molecule has 1 unspecified atom stereocenters. The monoisotopic (exact) mass is 273 g/mol. The third-order valence-corrected chi connectivity index (χ3v) is 2.40. The third-order valence-electron chi connectivity index (χ3n) is 2.40. The van der Waals surface area contributed by atoms with E-state index < -0.39 is 23.5 Å². The summed E-state index contributed by atoms with van der Waals surface area (Å²) in [5, 5.41) is 16.5. The fraction of sp³-hybridized carbons (Fsp3) is 0.750. The standard InChI is InChI=1S/C12H23N3O4/c1-5-13-8(16)6-7-14-11(19)15-9(10(17)18)12(2,3)4/h9H,5-7H2,1-4H3,(H,13,16)(H,17,18)(H2,14,15,19). The van der Waals surface area contributed by atoms with Crippen molar-refractivity contribution in [2.45, 2.75) is 40.2 Å². The first-order valence-corrected chi connectivity index (χ1v) is 6.22. The van der Waals surface area contributed by atoms with Gasteiger partial charge in [-0.3, -0.25) is 4.79 Å². The van der Waals surface area contributed by atoms with Gasteiger partial charge in [0.1, 0.15) is 6.04 Å². The lowest BCUT2D eigenvalue weighted by Crippen LogP contribution is -2.52. The molecule has 0 aromatic carbocycles. The summed E-state index contributed by atoms with van der Waals surface area (Å²) in [6, 6.07) is -1.58. The number of aliphatic carboxylic acids is 1. The number of carboxylic acids is 1. The van der Waals surface area contributed by atoms with Crippen LogP contribution in [0.25, 0.3) is 0 Å². The van der Waals surface area contributed by atoms with Gasteiger partial charge in [0.25, 0.3) is 0 Å². The van der Waals surface area contributed by atoms with Gasteiger partial charge in [-0.15, -0.1) is 0 Å². The maximum absolute atomic E-state index is 11.5. The summed E-state index contributed by atoms with van der Waals surface area (Å²) in [6.07, 6.45) is 0.161. The SMILES string of the molecule is CCNC(=O)CCNC(=O)NC(C(=O)O)C(C)(C)C. The highest BCUT2D eigenvalue weighted by atomic mass is 16.4. The van der Waals surface area contributed by atoms with Gasteiger partial charge in [0.15, 0.2) is 0 Å². The van der Waals surface area contributed by atoms with Crippen LogP contribution in [-0.2, 0) is 9.59 Å². The molecule has 7 nitrogen and oxygen atoms in total. The number of hydrogen-bond donors (Lipinski definition) is 4. The Labute approximate surface area is 113 Å².